The highest BCUT2D eigenvalue weighted by atomic mass is 16.7. The standard InChI is InChI=1S/C7H6NO2/c8-5-1-2-6-7(3-5)10-4-9-6/h1-2H,4,8H2. The van der Waals surface area contributed by atoms with E-state index in [1.165, 1.54) is 0 Å². The quantitative estimate of drug-likeness (QED) is 0.536. The summed E-state index contributed by atoms with van der Waals surface area (Å²) < 4.78 is 10.1. The first-order valence-corrected chi connectivity index (χ1v) is 2.93. The van der Waals surface area contributed by atoms with E-state index in [2.05, 4.69) is 6.07 Å². The fourth-order valence-corrected chi connectivity index (χ4v) is 0.848. The molecule has 1 aromatic carbocycles. The second-order valence-electron chi connectivity index (χ2n) is 2.01. The maximum Gasteiger partial charge on any atom is 0.231 e. The summed E-state index contributed by atoms with van der Waals surface area (Å²) >= 11 is 0. The van der Waals surface area contributed by atoms with E-state index in [1.54, 1.807) is 12.1 Å². The van der Waals surface area contributed by atoms with Crippen molar-refractivity contribution in [2.24, 2.45) is 0 Å². The second kappa shape index (κ2) is 1.80. The van der Waals surface area contributed by atoms with Gasteiger partial charge in [-0.2, -0.15) is 0 Å². The molecule has 0 aromatic heterocycles. The van der Waals surface area contributed by atoms with Crippen molar-refractivity contribution in [3.05, 3.63) is 18.2 Å². The van der Waals surface area contributed by atoms with Gasteiger partial charge in [-0.15, -0.1) is 0 Å². The molecular weight excluding hydrogens is 130 g/mol. The molecule has 1 aliphatic heterocycles. The third-order valence-electron chi connectivity index (χ3n) is 1.31. The molecule has 2 N–H and O–H groups in total. The SMILES string of the molecule is Nc1[c]c2c(cc1)OCO2. The molecule has 0 spiro atoms. The van der Waals surface area contributed by atoms with Gasteiger partial charge in [0.05, 0.1) is 6.07 Å². The third kappa shape index (κ3) is 0.673. The highest BCUT2D eigenvalue weighted by Gasteiger charge is 2.12. The topological polar surface area (TPSA) is 44.5 Å². The van der Waals surface area contributed by atoms with Crippen molar-refractivity contribution in [3.8, 4) is 11.5 Å². The predicted molar refractivity (Wildman–Crippen MR) is 35.8 cm³/mol. The Balaban J connectivity index is 2.52. The molecule has 0 atom stereocenters. The molecule has 1 radical (unpaired) electrons. The van der Waals surface area contributed by atoms with E-state index in [-0.39, 0.29) is 6.79 Å². The van der Waals surface area contributed by atoms with Crippen LogP contribution in [0.1, 0.15) is 0 Å². The van der Waals surface area contributed by atoms with Gasteiger partial charge < -0.3 is 15.2 Å². The first-order chi connectivity index (χ1) is 4.86. The van der Waals surface area contributed by atoms with Crippen LogP contribution in [0.25, 0.3) is 0 Å². The largest absolute Gasteiger partial charge is 0.454 e. The lowest BCUT2D eigenvalue weighted by Gasteiger charge is -1.93. The number of benzene rings is 1. The summed E-state index contributed by atoms with van der Waals surface area (Å²) in [6, 6.07) is 6.32. The molecule has 3 heteroatoms. The van der Waals surface area contributed by atoms with Gasteiger partial charge in [-0.1, -0.05) is 0 Å². The molecule has 0 unspecified atom stereocenters. The van der Waals surface area contributed by atoms with E-state index in [0.717, 1.165) is 0 Å². The van der Waals surface area contributed by atoms with Gasteiger partial charge in [0, 0.05) is 5.69 Å². The Morgan fingerprint density at radius 3 is 3.20 bits per heavy atom. The zero-order valence-electron chi connectivity index (χ0n) is 5.26. The number of hydrogen-bond acceptors (Lipinski definition) is 3. The van der Waals surface area contributed by atoms with Crippen LogP contribution in [0.2, 0.25) is 0 Å². The van der Waals surface area contributed by atoms with Crippen molar-refractivity contribution in [1.82, 2.24) is 0 Å². The van der Waals surface area contributed by atoms with E-state index >= 15 is 0 Å². The molecule has 1 heterocycles. The second-order valence-corrected chi connectivity index (χ2v) is 2.01. The Bertz CT molecular complexity index is 260. The van der Waals surface area contributed by atoms with Gasteiger partial charge in [0.1, 0.15) is 0 Å². The molecule has 0 fully saturated rings. The highest BCUT2D eigenvalue weighted by Crippen LogP contribution is 2.32. The number of nitrogen functional groups attached to an aromatic ring is 1. The number of rotatable bonds is 0. The Hall–Kier alpha value is -1.38. The molecule has 0 saturated carbocycles. The maximum atomic E-state index is 5.44. The van der Waals surface area contributed by atoms with E-state index in [0.29, 0.717) is 17.2 Å². The molecule has 3 nitrogen and oxygen atoms in total. The highest BCUT2D eigenvalue weighted by molar-refractivity contribution is 5.51. The van der Waals surface area contributed by atoms with Crippen LogP contribution in [-0.2, 0) is 0 Å². The van der Waals surface area contributed by atoms with Crippen molar-refractivity contribution in [3.63, 3.8) is 0 Å². The number of fused-ring (bicyclic) bond motifs is 1. The summed E-state index contributed by atoms with van der Waals surface area (Å²) in [6.45, 7) is 0.273. The number of hydrogen-bond donors (Lipinski definition) is 1. The fraction of sp³-hybridized carbons (Fsp3) is 0.143. The molecule has 1 aliphatic rings. The van der Waals surface area contributed by atoms with Crippen molar-refractivity contribution in [1.29, 1.82) is 0 Å². The molecule has 0 aliphatic carbocycles. The molecule has 51 valence electrons. The molecule has 0 bridgehead atoms. The van der Waals surface area contributed by atoms with Crippen LogP contribution in [0.3, 0.4) is 0 Å². The summed E-state index contributed by atoms with van der Waals surface area (Å²) in [5.74, 6) is 1.33. The van der Waals surface area contributed by atoms with E-state index < -0.39 is 0 Å². The van der Waals surface area contributed by atoms with E-state index in [1.807, 2.05) is 0 Å². The van der Waals surface area contributed by atoms with Gasteiger partial charge in [0.2, 0.25) is 6.79 Å². The average molecular weight is 136 g/mol. The molecule has 1 aromatic rings. The first-order valence-electron chi connectivity index (χ1n) is 2.93. The van der Waals surface area contributed by atoms with Gasteiger partial charge in [0.15, 0.2) is 11.5 Å². The van der Waals surface area contributed by atoms with Crippen LogP contribution >= 0.6 is 0 Å². The number of ether oxygens (including phenoxy) is 2. The summed E-state index contributed by atoms with van der Waals surface area (Å²) in [5, 5.41) is 0. The van der Waals surface area contributed by atoms with Crippen LogP contribution in [-0.4, -0.2) is 6.79 Å². The minimum atomic E-state index is 0.273. The fourth-order valence-electron chi connectivity index (χ4n) is 0.848. The molecule has 0 amide bonds. The Labute approximate surface area is 58.4 Å². The maximum absolute atomic E-state index is 5.44. The molecule has 0 saturated heterocycles. The lowest BCUT2D eigenvalue weighted by Crippen LogP contribution is -1.93. The Morgan fingerprint density at radius 1 is 1.40 bits per heavy atom. The normalized spacial score (nSPS) is 13.6. The van der Waals surface area contributed by atoms with Gasteiger partial charge >= 0.3 is 0 Å². The van der Waals surface area contributed by atoms with Gasteiger partial charge in [-0.25, -0.2) is 0 Å². The smallest absolute Gasteiger partial charge is 0.231 e. The lowest BCUT2D eigenvalue weighted by atomic mass is 10.3. The minimum Gasteiger partial charge on any atom is -0.454 e. The summed E-state index contributed by atoms with van der Waals surface area (Å²) in [5.41, 5.74) is 6.01. The average Bonchev–Trinajstić information content (AvgIpc) is 2.33. The monoisotopic (exact) mass is 136 g/mol. The number of nitrogens with two attached hydrogens (primary N) is 1. The van der Waals surface area contributed by atoms with Crippen LogP contribution in [0, 0.1) is 6.07 Å². The van der Waals surface area contributed by atoms with Crippen molar-refractivity contribution in [2.75, 3.05) is 12.5 Å². The third-order valence-corrected chi connectivity index (χ3v) is 1.31. The van der Waals surface area contributed by atoms with Gasteiger partial charge in [0.25, 0.3) is 0 Å². The van der Waals surface area contributed by atoms with Crippen molar-refractivity contribution in [2.45, 2.75) is 0 Å². The number of anilines is 1. The summed E-state index contributed by atoms with van der Waals surface area (Å²) in [4.78, 5) is 0. The van der Waals surface area contributed by atoms with Crippen molar-refractivity contribution < 1.29 is 9.47 Å². The van der Waals surface area contributed by atoms with Crippen LogP contribution in [0.15, 0.2) is 12.1 Å². The molecule has 10 heavy (non-hydrogen) atoms. The van der Waals surface area contributed by atoms with E-state index in [4.69, 9.17) is 15.2 Å². The van der Waals surface area contributed by atoms with E-state index in [9.17, 15) is 0 Å². The van der Waals surface area contributed by atoms with Gasteiger partial charge in [-0.3, -0.25) is 0 Å². The zero-order chi connectivity index (χ0) is 6.97. The van der Waals surface area contributed by atoms with Gasteiger partial charge in [-0.05, 0) is 12.1 Å². The lowest BCUT2D eigenvalue weighted by molar-refractivity contribution is 0.174. The van der Waals surface area contributed by atoms with Crippen LogP contribution in [0.4, 0.5) is 5.69 Å². The molecule has 2 rings (SSSR count). The minimum absolute atomic E-state index is 0.273. The van der Waals surface area contributed by atoms with Crippen LogP contribution in [0.5, 0.6) is 11.5 Å². The first kappa shape index (κ1) is 5.41. The Morgan fingerprint density at radius 2 is 2.30 bits per heavy atom. The molecular formula is C7H6NO2. The summed E-state index contributed by atoms with van der Waals surface area (Å²) in [6.07, 6.45) is 0. The zero-order valence-corrected chi connectivity index (χ0v) is 5.26. The predicted octanol–water partition coefficient (Wildman–Crippen LogP) is 0.798. The van der Waals surface area contributed by atoms with Crippen molar-refractivity contribution >= 4 is 5.69 Å². The Kier molecular flexibility index (Phi) is 0.974. The summed E-state index contributed by atoms with van der Waals surface area (Å²) in [7, 11) is 0. The van der Waals surface area contributed by atoms with Crippen LogP contribution < -0.4 is 15.2 Å².